The lowest BCUT2D eigenvalue weighted by molar-refractivity contribution is 0.231. The molecule has 0 amide bonds. The normalized spacial score (nSPS) is 18.5. The Morgan fingerprint density at radius 2 is 1.85 bits per heavy atom. The molecule has 166 valence electrons. The first-order chi connectivity index (χ1) is 16.2. The molecule has 0 saturated carbocycles. The molecule has 0 unspecified atom stereocenters. The minimum absolute atomic E-state index is 0.362. The Labute approximate surface area is 193 Å². The summed E-state index contributed by atoms with van der Waals surface area (Å²) in [6.07, 6.45) is 9.41. The molecule has 1 spiro atoms. The molecule has 0 N–H and O–H groups in total. The minimum atomic E-state index is 0.362. The van der Waals surface area contributed by atoms with Gasteiger partial charge in [0, 0.05) is 37.0 Å². The lowest BCUT2D eigenvalue weighted by Gasteiger charge is -2.40. The molecule has 6 nitrogen and oxygen atoms in total. The van der Waals surface area contributed by atoms with Crippen LogP contribution in [0.15, 0.2) is 48.8 Å². The van der Waals surface area contributed by atoms with Crippen molar-refractivity contribution < 1.29 is 4.74 Å². The van der Waals surface area contributed by atoms with Crippen LogP contribution in [-0.2, 0) is 19.3 Å². The number of pyridine rings is 1. The van der Waals surface area contributed by atoms with Gasteiger partial charge in [-0.1, -0.05) is 18.2 Å². The molecule has 1 saturated heterocycles. The third kappa shape index (κ3) is 2.89. The summed E-state index contributed by atoms with van der Waals surface area (Å²) in [5.41, 5.74) is 8.55. The van der Waals surface area contributed by atoms with Gasteiger partial charge in [0.2, 0.25) is 0 Å². The summed E-state index contributed by atoms with van der Waals surface area (Å²) in [6, 6.07) is 12.8. The average Bonchev–Trinajstić information content (AvgIpc) is 3.57. The van der Waals surface area contributed by atoms with Gasteiger partial charge >= 0.3 is 0 Å². The highest BCUT2D eigenvalue weighted by Gasteiger charge is 2.41. The van der Waals surface area contributed by atoms with Crippen LogP contribution in [0.2, 0.25) is 0 Å². The fraction of sp³-hybridized carbons (Fsp3) is 0.370. The zero-order chi connectivity index (χ0) is 22.0. The smallest absolute Gasteiger partial charge is 0.155 e. The van der Waals surface area contributed by atoms with E-state index in [2.05, 4.69) is 57.7 Å². The SMILES string of the molecule is Cc1nc(N2CCC3(CC2)Cc2cccnc2C3)c2ccnn2c1-c1cccc2c1OCC2. The fourth-order valence-corrected chi connectivity index (χ4v) is 6.18. The Kier molecular flexibility index (Phi) is 4.07. The zero-order valence-corrected chi connectivity index (χ0v) is 18.9. The van der Waals surface area contributed by atoms with E-state index in [4.69, 9.17) is 14.8 Å². The summed E-state index contributed by atoms with van der Waals surface area (Å²) < 4.78 is 8.07. The molecule has 4 aromatic rings. The number of rotatable bonds is 2. The van der Waals surface area contributed by atoms with Gasteiger partial charge < -0.3 is 9.64 Å². The van der Waals surface area contributed by atoms with E-state index < -0.39 is 0 Å². The molecular weight excluding hydrogens is 410 g/mol. The van der Waals surface area contributed by atoms with Crippen LogP contribution in [0.25, 0.3) is 16.8 Å². The predicted octanol–water partition coefficient (Wildman–Crippen LogP) is 4.42. The maximum absolute atomic E-state index is 6.01. The lowest BCUT2D eigenvalue weighted by atomic mass is 9.76. The summed E-state index contributed by atoms with van der Waals surface area (Å²) in [5.74, 6) is 2.03. The summed E-state index contributed by atoms with van der Waals surface area (Å²) in [6.45, 7) is 4.88. The second-order valence-electron chi connectivity index (χ2n) is 9.84. The molecule has 0 atom stereocenters. The van der Waals surface area contributed by atoms with Crippen molar-refractivity contribution in [2.75, 3.05) is 24.6 Å². The predicted molar refractivity (Wildman–Crippen MR) is 128 cm³/mol. The van der Waals surface area contributed by atoms with Gasteiger partial charge in [-0.2, -0.15) is 5.10 Å². The molecule has 0 bridgehead atoms. The van der Waals surface area contributed by atoms with Crippen LogP contribution in [-0.4, -0.2) is 39.3 Å². The van der Waals surface area contributed by atoms with E-state index in [0.29, 0.717) is 5.41 Å². The molecule has 7 rings (SSSR count). The standard InChI is InChI=1S/C27H27N5O/c1-18-24(21-6-2-4-19-8-15-33-25(19)21)32-23(7-12-29-32)26(30-18)31-13-9-27(10-14-31)16-20-5-3-11-28-22(20)17-27/h2-7,11-12H,8-10,13-17H2,1H3. The topological polar surface area (TPSA) is 55.6 Å². The Balaban J connectivity index is 1.23. The first kappa shape index (κ1) is 19.1. The highest BCUT2D eigenvalue weighted by Crippen LogP contribution is 2.45. The Bertz CT molecular complexity index is 1360. The number of aryl methyl sites for hydroxylation is 1. The molecule has 1 aromatic carbocycles. The van der Waals surface area contributed by atoms with Crippen molar-refractivity contribution in [3.05, 3.63) is 71.3 Å². The molecule has 3 aromatic heterocycles. The van der Waals surface area contributed by atoms with Gasteiger partial charge in [0.1, 0.15) is 11.3 Å². The molecule has 6 heteroatoms. The quantitative estimate of drug-likeness (QED) is 0.465. The second-order valence-corrected chi connectivity index (χ2v) is 9.84. The van der Waals surface area contributed by atoms with Gasteiger partial charge in [0.15, 0.2) is 5.82 Å². The van der Waals surface area contributed by atoms with Gasteiger partial charge in [-0.15, -0.1) is 0 Å². The van der Waals surface area contributed by atoms with Crippen LogP contribution in [0, 0.1) is 12.3 Å². The third-order valence-electron chi connectivity index (χ3n) is 7.89. The number of ether oxygens (including phenoxy) is 1. The number of fused-ring (bicyclic) bond motifs is 3. The van der Waals surface area contributed by atoms with Crippen LogP contribution < -0.4 is 9.64 Å². The molecule has 3 aliphatic rings. The van der Waals surface area contributed by atoms with Crippen LogP contribution >= 0.6 is 0 Å². The number of piperidine rings is 1. The van der Waals surface area contributed by atoms with Gasteiger partial charge in [-0.3, -0.25) is 4.98 Å². The minimum Gasteiger partial charge on any atom is -0.492 e. The Morgan fingerprint density at radius 3 is 2.73 bits per heavy atom. The van der Waals surface area contributed by atoms with Gasteiger partial charge in [0.25, 0.3) is 0 Å². The second kappa shape index (κ2) is 7.04. The number of para-hydroxylation sites is 1. The number of anilines is 1. The van der Waals surface area contributed by atoms with Crippen LogP contribution in [0.4, 0.5) is 5.82 Å². The summed E-state index contributed by atoms with van der Waals surface area (Å²) in [7, 11) is 0. The highest BCUT2D eigenvalue weighted by atomic mass is 16.5. The molecule has 33 heavy (non-hydrogen) atoms. The van der Waals surface area contributed by atoms with Crippen molar-refractivity contribution in [2.24, 2.45) is 5.41 Å². The third-order valence-corrected chi connectivity index (χ3v) is 7.89. The zero-order valence-electron chi connectivity index (χ0n) is 18.9. The summed E-state index contributed by atoms with van der Waals surface area (Å²) in [4.78, 5) is 12.3. The number of benzene rings is 1. The largest absolute Gasteiger partial charge is 0.492 e. The molecule has 2 aliphatic heterocycles. The van der Waals surface area contributed by atoms with Crippen molar-refractivity contribution in [2.45, 2.75) is 39.0 Å². The van der Waals surface area contributed by atoms with E-state index in [1.807, 2.05) is 12.4 Å². The van der Waals surface area contributed by atoms with Crippen molar-refractivity contribution >= 4 is 11.3 Å². The van der Waals surface area contributed by atoms with Gasteiger partial charge in [0.05, 0.1) is 24.2 Å². The number of aromatic nitrogens is 4. The first-order valence-corrected chi connectivity index (χ1v) is 12.0. The van der Waals surface area contributed by atoms with E-state index >= 15 is 0 Å². The number of hydrogen-bond donors (Lipinski definition) is 0. The molecule has 0 radical (unpaired) electrons. The van der Waals surface area contributed by atoms with E-state index in [-0.39, 0.29) is 0 Å². The highest BCUT2D eigenvalue weighted by molar-refractivity contribution is 5.79. The van der Waals surface area contributed by atoms with Crippen LogP contribution in [0.1, 0.15) is 35.4 Å². The van der Waals surface area contributed by atoms with Crippen molar-refractivity contribution in [3.63, 3.8) is 0 Å². The van der Waals surface area contributed by atoms with Crippen LogP contribution in [0.3, 0.4) is 0 Å². The molecule has 1 fully saturated rings. The van der Waals surface area contributed by atoms with Gasteiger partial charge in [-0.25, -0.2) is 9.50 Å². The summed E-state index contributed by atoms with van der Waals surface area (Å²) >= 11 is 0. The van der Waals surface area contributed by atoms with Crippen molar-refractivity contribution in [1.82, 2.24) is 19.6 Å². The summed E-state index contributed by atoms with van der Waals surface area (Å²) in [5, 5.41) is 4.72. The Morgan fingerprint density at radius 1 is 0.970 bits per heavy atom. The maximum atomic E-state index is 6.01. The monoisotopic (exact) mass is 437 g/mol. The number of nitrogens with zero attached hydrogens (tertiary/aromatic N) is 5. The number of hydrogen-bond acceptors (Lipinski definition) is 5. The Hall–Kier alpha value is -3.41. The maximum Gasteiger partial charge on any atom is 0.155 e. The average molecular weight is 438 g/mol. The van der Waals surface area contributed by atoms with Gasteiger partial charge in [-0.05, 0) is 67.3 Å². The van der Waals surface area contributed by atoms with Crippen molar-refractivity contribution in [3.8, 4) is 17.0 Å². The van der Waals surface area contributed by atoms with Crippen molar-refractivity contribution in [1.29, 1.82) is 0 Å². The first-order valence-electron chi connectivity index (χ1n) is 12.0. The molecule has 1 aliphatic carbocycles. The van der Waals surface area contributed by atoms with E-state index in [1.54, 1.807) is 0 Å². The van der Waals surface area contributed by atoms with E-state index in [1.165, 1.54) is 29.7 Å². The van der Waals surface area contributed by atoms with Crippen LogP contribution in [0.5, 0.6) is 5.75 Å². The fourth-order valence-electron chi connectivity index (χ4n) is 6.18. The van der Waals surface area contributed by atoms with E-state index in [9.17, 15) is 0 Å². The molecular formula is C27H27N5O. The van der Waals surface area contributed by atoms with E-state index in [0.717, 1.165) is 73.0 Å². The molecule has 5 heterocycles. The lowest BCUT2D eigenvalue weighted by Crippen LogP contribution is -2.41.